The minimum Gasteiger partial charge on any atom is -0.390 e. The average Bonchev–Trinajstić information content (AvgIpc) is 2.95. The van der Waals surface area contributed by atoms with Crippen LogP contribution in [-0.2, 0) is 4.79 Å². The second kappa shape index (κ2) is 7.86. The topological polar surface area (TPSA) is 118 Å². The summed E-state index contributed by atoms with van der Waals surface area (Å²) in [6, 6.07) is 0. The van der Waals surface area contributed by atoms with Gasteiger partial charge in [-0.25, -0.2) is 0 Å². The van der Waals surface area contributed by atoms with Gasteiger partial charge in [-0.05, 0) is 107 Å². The highest BCUT2D eigenvalue weighted by molar-refractivity contribution is 5.95. The van der Waals surface area contributed by atoms with E-state index in [2.05, 4.69) is 6.92 Å². The summed E-state index contributed by atoms with van der Waals surface area (Å²) in [7, 11) is 0. The van der Waals surface area contributed by atoms with Crippen LogP contribution in [0.1, 0.15) is 92.4 Å². The van der Waals surface area contributed by atoms with Crippen LogP contribution in [0.15, 0.2) is 11.6 Å². The molecule has 0 aromatic heterocycles. The summed E-state index contributed by atoms with van der Waals surface area (Å²) in [6.07, 6.45) is 5.14. The third-order valence-electron chi connectivity index (χ3n) is 10.3. The monoisotopic (exact) mass is 464 g/mol. The molecule has 0 aromatic rings. The molecule has 0 aromatic carbocycles. The number of ketones is 1. The highest BCUT2D eigenvalue weighted by atomic mass is 16.3. The van der Waals surface area contributed by atoms with Gasteiger partial charge in [0.1, 0.15) is 0 Å². The summed E-state index contributed by atoms with van der Waals surface area (Å²) in [6.45, 7) is 9.54. The summed E-state index contributed by atoms with van der Waals surface area (Å²) in [5.74, 6) is -0.509. The van der Waals surface area contributed by atoms with Gasteiger partial charge in [0.05, 0.1) is 29.0 Å². The van der Waals surface area contributed by atoms with Crippen molar-refractivity contribution in [1.29, 1.82) is 0 Å². The van der Waals surface area contributed by atoms with Crippen molar-refractivity contribution in [3.63, 3.8) is 0 Å². The Morgan fingerprint density at radius 1 is 1.00 bits per heavy atom. The van der Waals surface area contributed by atoms with Crippen molar-refractivity contribution >= 4 is 5.78 Å². The lowest BCUT2D eigenvalue weighted by molar-refractivity contribution is -0.160. The summed E-state index contributed by atoms with van der Waals surface area (Å²) in [5.41, 5.74) is -3.15. The zero-order valence-electron chi connectivity index (χ0n) is 21.0. The third-order valence-corrected chi connectivity index (χ3v) is 10.3. The van der Waals surface area contributed by atoms with Crippen LogP contribution >= 0.6 is 0 Å². The van der Waals surface area contributed by atoms with Gasteiger partial charge in [-0.2, -0.15) is 0 Å². The Hall–Kier alpha value is -0.790. The maximum Gasteiger partial charge on any atom is 0.159 e. The molecule has 0 spiro atoms. The van der Waals surface area contributed by atoms with Crippen molar-refractivity contribution in [1.82, 2.24) is 0 Å². The molecule has 0 amide bonds. The van der Waals surface area contributed by atoms with E-state index in [-0.39, 0.29) is 30.0 Å². The number of fused-ring (bicyclic) bond motifs is 5. The largest absolute Gasteiger partial charge is 0.390 e. The number of hydrogen-bond donors (Lipinski definition) is 5. The van der Waals surface area contributed by atoms with E-state index in [0.717, 1.165) is 18.4 Å². The molecule has 9 atom stereocenters. The van der Waals surface area contributed by atoms with Crippen molar-refractivity contribution in [2.75, 3.05) is 0 Å². The quantitative estimate of drug-likeness (QED) is 0.427. The second-order valence-electron chi connectivity index (χ2n) is 13.1. The Balaban J connectivity index is 1.64. The molecule has 6 heteroatoms. The molecule has 3 fully saturated rings. The average molecular weight is 465 g/mol. The number of hydrogen-bond acceptors (Lipinski definition) is 6. The number of aliphatic hydroxyl groups is 5. The van der Waals surface area contributed by atoms with Crippen molar-refractivity contribution in [3.05, 3.63) is 11.6 Å². The molecule has 2 unspecified atom stereocenters. The first-order chi connectivity index (χ1) is 15.1. The van der Waals surface area contributed by atoms with E-state index < -0.39 is 39.8 Å². The van der Waals surface area contributed by atoms with Crippen LogP contribution < -0.4 is 0 Å². The van der Waals surface area contributed by atoms with E-state index in [1.54, 1.807) is 19.9 Å². The van der Waals surface area contributed by atoms with Crippen LogP contribution in [0.25, 0.3) is 0 Å². The number of carbonyl (C=O) groups is 1. The molecule has 3 saturated carbocycles. The van der Waals surface area contributed by atoms with E-state index >= 15 is 0 Å². The molecular weight excluding hydrogens is 420 g/mol. The van der Waals surface area contributed by atoms with Crippen molar-refractivity contribution in [3.8, 4) is 0 Å². The molecule has 188 valence electrons. The number of rotatable bonds is 5. The summed E-state index contributed by atoms with van der Waals surface area (Å²) in [5, 5.41) is 54.5. The minimum atomic E-state index is -1.16. The van der Waals surface area contributed by atoms with Crippen molar-refractivity contribution < 1.29 is 30.3 Å². The van der Waals surface area contributed by atoms with Crippen LogP contribution in [0.5, 0.6) is 0 Å². The number of aliphatic hydroxyl groups excluding tert-OH is 2. The summed E-state index contributed by atoms with van der Waals surface area (Å²) >= 11 is 0. The van der Waals surface area contributed by atoms with Crippen LogP contribution in [0.2, 0.25) is 0 Å². The molecule has 4 aliphatic carbocycles. The first-order valence-corrected chi connectivity index (χ1v) is 12.8. The van der Waals surface area contributed by atoms with Gasteiger partial charge in [-0.3, -0.25) is 4.79 Å². The van der Waals surface area contributed by atoms with Crippen LogP contribution in [0, 0.1) is 28.6 Å². The summed E-state index contributed by atoms with van der Waals surface area (Å²) in [4.78, 5) is 13.2. The normalized spacial score (nSPS) is 47.3. The van der Waals surface area contributed by atoms with Gasteiger partial charge in [0, 0.05) is 11.3 Å². The molecule has 6 nitrogen and oxygen atoms in total. The maximum absolute atomic E-state index is 13.2. The Labute approximate surface area is 198 Å². The van der Waals surface area contributed by atoms with Crippen molar-refractivity contribution in [2.45, 2.75) is 121 Å². The van der Waals surface area contributed by atoms with E-state index in [0.29, 0.717) is 38.5 Å². The fourth-order valence-corrected chi connectivity index (χ4v) is 8.42. The first kappa shape index (κ1) is 25.3. The van der Waals surface area contributed by atoms with E-state index in [9.17, 15) is 30.3 Å². The van der Waals surface area contributed by atoms with E-state index in [4.69, 9.17) is 0 Å². The molecule has 0 bridgehead atoms. The number of allylic oxidation sites excluding steroid dienone is 1. The Bertz CT molecular complexity index is 827. The molecule has 0 heterocycles. The Morgan fingerprint density at radius 2 is 1.67 bits per heavy atom. The lowest BCUT2D eigenvalue weighted by Gasteiger charge is -2.60. The molecule has 4 rings (SSSR count). The molecular formula is C27H44O6. The van der Waals surface area contributed by atoms with Gasteiger partial charge in [-0.1, -0.05) is 13.8 Å². The van der Waals surface area contributed by atoms with Gasteiger partial charge in [-0.15, -0.1) is 0 Å². The zero-order chi connectivity index (χ0) is 24.6. The molecule has 33 heavy (non-hydrogen) atoms. The lowest BCUT2D eigenvalue weighted by atomic mass is 9.45. The smallest absolute Gasteiger partial charge is 0.159 e. The first-order valence-electron chi connectivity index (χ1n) is 12.8. The van der Waals surface area contributed by atoms with E-state index in [1.807, 2.05) is 13.8 Å². The van der Waals surface area contributed by atoms with Crippen LogP contribution in [0.3, 0.4) is 0 Å². The standard InChI is InChI=1S/C27H44O6/c1-23(2,31)9-6-10-26(5,32)22-8-12-27(33)17-13-19(28)18-14-20(29)21(30)15-24(18,3)16(17)7-11-25(22,27)4/h13,16,18,20-22,29-33H,6-12,14-15H2,1-5H3/t16?,18-,20+,21-,22+,24+,25+,26?,27+/m0/s1. The molecule has 0 radical (unpaired) electrons. The van der Waals surface area contributed by atoms with Gasteiger partial charge in [0.15, 0.2) is 5.78 Å². The van der Waals surface area contributed by atoms with Crippen LogP contribution in [-0.4, -0.2) is 60.3 Å². The highest BCUT2D eigenvalue weighted by Crippen LogP contribution is 2.68. The van der Waals surface area contributed by atoms with Crippen LogP contribution in [0.4, 0.5) is 0 Å². The fourth-order valence-electron chi connectivity index (χ4n) is 8.42. The molecule has 4 aliphatic rings. The maximum atomic E-state index is 13.2. The Kier molecular flexibility index (Phi) is 6.03. The predicted molar refractivity (Wildman–Crippen MR) is 125 cm³/mol. The van der Waals surface area contributed by atoms with Gasteiger partial charge < -0.3 is 25.5 Å². The highest BCUT2D eigenvalue weighted by Gasteiger charge is 2.68. The zero-order valence-corrected chi connectivity index (χ0v) is 21.0. The molecule has 5 N–H and O–H groups in total. The molecule has 0 aliphatic heterocycles. The fraction of sp³-hybridized carbons (Fsp3) is 0.889. The van der Waals surface area contributed by atoms with Gasteiger partial charge in [0.2, 0.25) is 0 Å². The van der Waals surface area contributed by atoms with Crippen molar-refractivity contribution in [2.24, 2.45) is 28.6 Å². The number of carbonyl (C=O) groups excluding carboxylic acids is 1. The predicted octanol–water partition coefficient (Wildman–Crippen LogP) is 2.88. The SMILES string of the molecule is CC(C)(O)CCCC(C)(O)[C@@H]1CC[C@@]2(O)C3=CC(=O)[C@@H]4C[C@@H](O)[C@@H](O)C[C@]4(C)C3CC[C@]12C. The Morgan fingerprint density at radius 3 is 2.30 bits per heavy atom. The lowest BCUT2D eigenvalue weighted by Crippen LogP contribution is -2.61. The summed E-state index contributed by atoms with van der Waals surface area (Å²) < 4.78 is 0. The minimum absolute atomic E-state index is 0.0145. The van der Waals surface area contributed by atoms with Gasteiger partial charge >= 0.3 is 0 Å². The third kappa shape index (κ3) is 3.85. The second-order valence-corrected chi connectivity index (χ2v) is 13.1. The van der Waals surface area contributed by atoms with E-state index in [1.165, 1.54) is 0 Å². The van der Waals surface area contributed by atoms with Gasteiger partial charge in [0.25, 0.3) is 0 Å². The molecule has 0 saturated heterocycles.